The van der Waals surface area contributed by atoms with E-state index in [-0.39, 0.29) is 0 Å². The molecule has 28 heavy (non-hydrogen) atoms. The third kappa shape index (κ3) is 5.41. The van der Waals surface area contributed by atoms with Crippen LogP contribution in [0, 0.1) is 0 Å². The van der Waals surface area contributed by atoms with Gasteiger partial charge in [-0.1, -0.05) is 42.5 Å². The quantitative estimate of drug-likeness (QED) is 0.626. The molecule has 3 aromatic rings. The molecule has 0 aliphatic carbocycles. The predicted molar refractivity (Wildman–Crippen MR) is 112 cm³/mol. The number of piperazine rings is 1. The fraction of sp³-hybridized carbons (Fsp3) is 0.292. The van der Waals surface area contributed by atoms with Gasteiger partial charge < -0.3 is 4.74 Å². The van der Waals surface area contributed by atoms with Crippen LogP contribution in [0.4, 0.5) is 0 Å². The first-order valence-corrected chi connectivity index (χ1v) is 9.94. The molecule has 0 unspecified atom stereocenters. The smallest absolute Gasteiger partial charge is 0.119 e. The van der Waals surface area contributed by atoms with Crippen LogP contribution >= 0.6 is 0 Å². The molecule has 0 saturated carbocycles. The summed E-state index contributed by atoms with van der Waals surface area (Å²) in [6.45, 7) is 7.07. The van der Waals surface area contributed by atoms with E-state index >= 15 is 0 Å². The molecule has 1 saturated heterocycles. The van der Waals surface area contributed by atoms with Crippen molar-refractivity contribution in [1.82, 2.24) is 14.8 Å². The van der Waals surface area contributed by atoms with Gasteiger partial charge in [0.1, 0.15) is 12.4 Å². The molecule has 4 rings (SSSR count). The molecule has 1 fully saturated rings. The maximum absolute atomic E-state index is 5.88. The zero-order chi connectivity index (χ0) is 19.0. The van der Waals surface area contributed by atoms with E-state index in [4.69, 9.17) is 4.74 Å². The van der Waals surface area contributed by atoms with Crippen LogP contribution in [0.15, 0.2) is 79.1 Å². The Morgan fingerprint density at radius 1 is 0.643 bits per heavy atom. The Morgan fingerprint density at radius 3 is 1.82 bits per heavy atom. The largest absolute Gasteiger partial charge is 0.489 e. The topological polar surface area (TPSA) is 28.6 Å². The van der Waals surface area contributed by atoms with Crippen LogP contribution < -0.4 is 4.74 Å². The molecule has 1 aliphatic rings. The summed E-state index contributed by atoms with van der Waals surface area (Å²) in [4.78, 5) is 9.15. The Balaban J connectivity index is 1.22. The molecular formula is C24H27N3O. The van der Waals surface area contributed by atoms with Gasteiger partial charge in [0.25, 0.3) is 0 Å². The molecule has 0 radical (unpaired) electrons. The first kappa shape index (κ1) is 18.7. The Bertz CT molecular complexity index is 829. The Hall–Kier alpha value is -2.69. The second-order valence-electron chi connectivity index (χ2n) is 7.33. The summed E-state index contributed by atoms with van der Waals surface area (Å²) < 4.78 is 5.88. The lowest BCUT2D eigenvalue weighted by Crippen LogP contribution is -2.45. The maximum atomic E-state index is 5.88. The highest BCUT2D eigenvalue weighted by Crippen LogP contribution is 2.16. The van der Waals surface area contributed by atoms with Crippen LogP contribution in [-0.2, 0) is 19.7 Å². The molecule has 4 nitrogen and oxygen atoms in total. The normalized spacial score (nSPS) is 15.4. The van der Waals surface area contributed by atoms with Gasteiger partial charge in [-0.25, -0.2) is 0 Å². The molecule has 2 heterocycles. The van der Waals surface area contributed by atoms with Gasteiger partial charge in [-0.05, 0) is 41.0 Å². The molecule has 1 aromatic heterocycles. The highest BCUT2D eigenvalue weighted by molar-refractivity contribution is 5.28. The summed E-state index contributed by atoms with van der Waals surface area (Å²) in [6, 6.07) is 23.0. The first-order chi connectivity index (χ1) is 13.8. The van der Waals surface area contributed by atoms with Crippen LogP contribution in [-0.4, -0.2) is 41.0 Å². The van der Waals surface area contributed by atoms with Gasteiger partial charge >= 0.3 is 0 Å². The second-order valence-corrected chi connectivity index (χ2v) is 7.33. The van der Waals surface area contributed by atoms with Crippen LogP contribution in [0.1, 0.15) is 16.7 Å². The molecule has 0 N–H and O–H groups in total. The standard InChI is InChI=1S/C24H27N3O/c1-2-4-23(5-3-1)20-28-24-8-6-21(7-9-24)18-26-14-16-27(17-15-26)19-22-10-12-25-13-11-22/h1-13H,14-20H2. The van der Waals surface area contributed by atoms with Crippen LogP contribution in [0.3, 0.4) is 0 Å². The van der Waals surface area contributed by atoms with Crippen molar-refractivity contribution >= 4 is 0 Å². The molecule has 1 aliphatic heterocycles. The minimum atomic E-state index is 0.611. The lowest BCUT2D eigenvalue weighted by atomic mass is 10.1. The predicted octanol–water partition coefficient (Wildman–Crippen LogP) is 3.98. The molecule has 2 aromatic carbocycles. The average molecular weight is 374 g/mol. The van der Waals surface area contributed by atoms with E-state index in [9.17, 15) is 0 Å². The van der Waals surface area contributed by atoms with E-state index in [2.05, 4.69) is 63.3 Å². The number of rotatable bonds is 7. The minimum Gasteiger partial charge on any atom is -0.489 e. The number of ether oxygens (including phenoxy) is 1. The lowest BCUT2D eigenvalue weighted by molar-refractivity contribution is 0.122. The van der Waals surface area contributed by atoms with E-state index in [0.29, 0.717) is 6.61 Å². The SMILES string of the molecule is c1ccc(COc2ccc(CN3CCN(Cc4ccncc4)CC3)cc2)cc1. The molecule has 0 bridgehead atoms. The third-order valence-corrected chi connectivity index (χ3v) is 5.20. The maximum Gasteiger partial charge on any atom is 0.119 e. The fourth-order valence-electron chi connectivity index (χ4n) is 3.54. The monoisotopic (exact) mass is 373 g/mol. The Labute approximate surface area is 167 Å². The number of pyridine rings is 1. The summed E-state index contributed by atoms with van der Waals surface area (Å²) in [6.07, 6.45) is 3.75. The van der Waals surface area contributed by atoms with E-state index in [1.807, 2.05) is 30.6 Å². The molecular weight excluding hydrogens is 346 g/mol. The fourth-order valence-corrected chi connectivity index (χ4v) is 3.54. The number of aromatic nitrogens is 1. The Morgan fingerprint density at radius 2 is 1.21 bits per heavy atom. The molecule has 0 spiro atoms. The number of nitrogens with zero attached hydrogens (tertiary/aromatic N) is 3. The molecule has 144 valence electrons. The van der Waals surface area contributed by atoms with Gasteiger partial charge in [-0.3, -0.25) is 14.8 Å². The highest BCUT2D eigenvalue weighted by Gasteiger charge is 2.17. The van der Waals surface area contributed by atoms with Gasteiger partial charge in [0.15, 0.2) is 0 Å². The van der Waals surface area contributed by atoms with Gasteiger partial charge in [-0.2, -0.15) is 0 Å². The van der Waals surface area contributed by atoms with E-state index < -0.39 is 0 Å². The highest BCUT2D eigenvalue weighted by atomic mass is 16.5. The molecule has 0 atom stereocenters. The molecule has 0 amide bonds. The van der Waals surface area contributed by atoms with Crippen LogP contribution in [0.25, 0.3) is 0 Å². The number of benzene rings is 2. The van der Waals surface area contributed by atoms with Gasteiger partial charge in [0.2, 0.25) is 0 Å². The summed E-state index contributed by atoms with van der Waals surface area (Å²) in [5.41, 5.74) is 3.88. The van der Waals surface area contributed by atoms with Crippen molar-refractivity contribution in [2.24, 2.45) is 0 Å². The van der Waals surface area contributed by atoms with Crippen molar-refractivity contribution in [2.45, 2.75) is 19.7 Å². The summed E-state index contributed by atoms with van der Waals surface area (Å²) in [5.74, 6) is 0.926. The average Bonchev–Trinajstić information content (AvgIpc) is 2.76. The Kier molecular flexibility index (Phi) is 6.32. The van der Waals surface area contributed by atoms with Crippen molar-refractivity contribution in [3.05, 3.63) is 95.8 Å². The van der Waals surface area contributed by atoms with Gasteiger partial charge in [-0.15, -0.1) is 0 Å². The number of hydrogen-bond donors (Lipinski definition) is 0. The van der Waals surface area contributed by atoms with E-state index in [0.717, 1.165) is 45.0 Å². The number of hydrogen-bond acceptors (Lipinski definition) is 4. The van der Waals surface area contributed by atoms with Crippen LogP contribution in [0.2, 0.25) is 0 Å². The molecule has 4 heteroatoms. The zero-order valence-corrected chi connectivity index (χ0v) is 16.2. The first-order valence-electron chi connectivity index (χ1n) is 9.94. The third-order valence-electron chi connectivity index (χ3n) is 5.20. The van der Waals surface area contributed by atoms with Crippen molar-refractivity contribution in [3.63, 3.8) is 0 Å². The summed E-state index contributed by atoms with van der Waals surface area (Å²) in [5, 5.41) is 0. The lowest BCUT2D eigenvalue weighted by Gasteiger charge is -2.34. The summed E-state index contributed by atoms with van der Waals surface area (Å²) >= 11 is 0. The van der Waals surface area contributed by atoms with Crippen molar-refractivity contribution in [2.75, 3.05) is 26.2 Å². The van der Waals surface area contributed by atoms with Crippen molar-refractivity contribution < 1.29 is 4.74 Å². The van der Waals surface area contributed by atoms with E-state index in [1.54, 1.807) is 0 Å². The van der Waals surface area contributed by atoms with Crippen molar-refractivity contribution in [3.8, 4) is 5.75 Å². The minimum absolute atomic E-state index is 0.611. The van der Waals surface area contributed by atoms with Crippen LogP contribution in [0.5, 0.6) is 5.75 Å². The van der Waals surface area contributed by atoms with Gasteiger partial charge in [0.05, 0.1) is 0 Å². The second kappa shape index (κ2) is 9.49. The van der Waals surface area contributed by atoms with Gasteiger partial charge in [0, 0.05) is 51.7 Å². The summed E-state index contributed by atoms with van der Waals surface area (Å²) in [7, 11) is 0. The van der Waals surface area contributed by atoms with E-state index in [1.165, 1.54) is 16.7 Å². The van der Waals surface area contributed by atoms with Crippen molar-refractivity contribution in [1.29, 1.82) is 0 Å². The zero-order valence-electron chi connectivity index (χ0n) is 16.2.